The molecule has 3 rings (SSSR count). The van der Waals surface area contributed by atoms with Gasteiger partial charge in [0.15, 0.2) is 5.43 Å². The number of pyridine rings is 1. The average Bonchev–Trinajstić information content (AvgIpc) is 2.79. The Labute approximate surface area is 203 Å². The van der Waals surface area contributed by atoms with Crippen LogP contribution in [-0.2, 0) is 9.59 Å². The second-order valence-corrected chi connectivity index (χ2v) is 8.83. The maximum Gasteiger partial charge on any atom is 0.224 e. The molecular formula is C25H29Cl2N3O3. The molecule has 2 aromatic carbocycles. The zero-order valence-corrected chi connectivity index (χ0v) is 20.0. The number of aromatic amines is 1. The van der Waals surface area contributed by atoms with E-state index in [0.29, 0.717) is 57.8 Å². The van der Waals surface area contributed by atoms with Gasteiger partial charge in [-0.2, -0.15) is 0 Å². The summed E-state index contributed by atoms with van der Waals surface area (Å²) in [6.07, 6.45) is 6.06. The SMILES string of the molecule is O=C(CCCCCCl)Nc1ccc2c(=O)c3ccc(NC(=O)CCCCCCl)cc3[nH]c2c1. The van der Waals surface area contributed by atoms with Gasteiger partial charge in [-0.1, -0.05) is 12.8 Å². The summed E-state index contributed by atoms with van der Waals surface area (Å²) in [4.78, 5) is 40.6. The van der Waals surface area contributed by atoms with E-state index >= 15 is 0 Å². The lowest BCUT2D eigenvalue weighted by molar-refractivity contribution is -0.117. The molecule has 0 fully saturated rings. The summed E-state index contributed by atoms with van der Waals surface area (Å²) >= 11 is 11.3. The lowest BCUT2D eigenvalue weighted by Gasteiger charge is -2.09. The number of nitrogens with one attached hydrogen (secondary N) is 3. The molecule has 0 aliphatic heterocycles. The Balaban J connectivity index is 1.75. The zero-order chi connectivity index (χ0) is 23.6. The summed E-state index contributed by atoms with van der Waals surface area (Å²) in [6.45, 7) is 0. The summed E-state index contributed by atoms with van der Waals surface area (Å²) < 4.78 is 0. The number of anilines is 2. The molecule has 0 bridgehead atoms. The molecule has 1 heterocycles. The number of H-pyrrole nitrogens is 1. The average molecular weight is 490 g/mol. The number of rotatable bonds is 12. The summed E-state index contributed by atoms with van der Waals surface area (Å²) in [6, 6.07) is 10.4. The maximum absolute atomic E-state index is 12.9. The van der Waals surface area contributed by atoms with Crippen LogP contribution in [0.3, 0.4) is 0 Å². The van der Waals surface area contributed by atoms with Crippen LogP contribution >= 0.6 is 23.2 Å². The first-order valence-corrected chi connectivity index (χ1v) is 12.4. The second-order valence-electron chi connectivity index (χ2n) is 8.07. The van der Waals surface area contributed by atoms with Crippen molar-refractivity contribution in [3.63, 3.8) is 0 Å². The summed E-state index contributed by atoms with van der Waals surface area (Å²) in [5.41, 5.74) is 2.40. The number of aromatic nitrogens is 1. The maximum atomic E-state index is 12.9. The summed E-state index contributed by atoms with van der Waals surface area (Å²) in [7, 11) is 0. The number of unbranched alkanes of at least 4 members (excludes halogenated alkanes) is 4. The Morgan fingerprint density at radius 1 is 0.697 bits per heavy atom. The third kappa shape index (κ3) is 7.21. The number of hydrogen-bond donors (Lipinski definition) is 3. The number of benzene rings is 2. The van der Waals surface area contributed by atoms with Crippen molar-refractivity contribution in [2.75, 3.05) is 22.4 Å². The first kappa shape index (κ1) is 25.1. The molecule has 2 amide bonds. The number of alkyl halides is 2. The highest BCUT2D eigenvalue weighted by atomic mass is 35.5. The highest BCUT2D eigenvalue weighted by Gasteiger charge is 2.10. The number of halogens is 2. The van der Waals surface area contributed by atoms with E-state index in [4.69, 9.17) is 23.2 Å². The van der Waals surface area contributed by atoms with Crippen molar-refractivity contribution < 1.29 is 9.59 Å². The molecule has 0 saturated heterocycles. The van der Waals surface area contributed by atoms with Gasteiger partial charge in [-0.05, 0) is 62.1 Å². The van der Waals surface area contributed by atoms with Crippen LogP contribution in [0.4, 0.5) is 11.4 Å². The molecule has 176 valence electrons. The predicted molar refractivity (Wildman–Crippen MR) is 138 cm³/mol. The molecular weight excluding hydrogens is 461 g/mol. The van der Waals surface area contributed by atoms with Crippen molar-refractivity contribution in [2.24, 2.45) is 0 Å². The molecule has 0 atom stereocenters. The fourth-order valence-corrected chi connectivity index (χ4v) is 4.08. The van der Waals surface area contributed by atoms with E-state index in [2.05, 4.69) is 15.6 Å². The van der Waals surface area contributed by atoms with Crippen LogP contribution in [0.25, 0.3) is 21.8 Å². The lowest BCUT2D eigenvalue weighted by Crippen LogP contribution is -2.12. The Hall–Kier alpha value is -2.57. The number of carbonyl (C=O) groups is 2. The van der Waals surface area contributed by atoms with Crippen molar-refractivity contribution >= 4 is 68.2 Å². The van der Waals surface area contributed by atoms with E-state index in [1.807, 2.05) is 0 Å². The van der Waals surface area contributed by atoms with Crippen LogP contribution in [-0.4, -0.2) is 28.6 Å². The number of carbonyl (C=O) groups excluding carboxylic acids is 2. The minimum absolute atomic E-state index is 0.0666. The van der Waals surface area contributed by atoms with Crippen molar-refractivity contribution in [3.05, 3.63) is 46.6 Å². The third-order valence-corrected chi connectivity index (χ3v) is 5.97. The van der Waals surface area contributed by atoms with Crippen LogP contribution in [0, 0.1) is 0 Å². The van der Waals surface area contributed by atoms with Gasteiger partial charge in [-0.3, -0.25) is 14.4 Å². The first-order valence-electron chi connectivity index (χ1n) is 11.3. The summed E-state index contributed by atoms with van der Waals surface area (Å²) in [5.74, 6) is 1.08. The van der Waals surface area contributed by atoms with Gasteiger partial charge in [0.1, 0.15) is 0 Å². The van der Waals surface area contributed by atoms with Gasteiger partial charge in [0.2, 0.25) is 11.8 Å². The largest absolute Gasteiger partial charge is 0.354 e. The normalized spacial score (nSPS) is 11.1. The van der Waals surface area contributed by atoms with E-state index in [1.54, 1.807) is 36.4 Å². The highest BCUT2D eigenvalue weighted by molar-refractivity contribution is 6.18. The molecule has 6 nitrogen and oxygen atoms in total. The Kier molecular flexibility index (Phi) is 9.58. The number of fused-ring (bicyclic) bond motifs is 2. The van der Waals surface area contributed by atoms with Gasteiger partial charge in [-0.15, -0.1) is 23.2 Å². The zero-order valence-electron chi connectivity index (χ0n) is 18.5. The standard InChI is InChI=1S/C25H29Cl2N3O3/c26-13-5-1-3-7-23(31)28-17-9-11-19-21(15-17)30-22-16-18(10-12-20(22)25(19)33)29-24(32)8-4-2-6-14-27/h9-12,15-16H,1-8,13-14H2,(H,28,31)(H,29,32)(H,30,33). The van der Waals surface area contributed by atoms with Crippen molar-refractivity contribution in [2.45, 2.75) is 51.4 Å². The van der Waals surface area contributed by atoms with Gasteiger partial charge in [-0.25, -0.2) is 0 Å². The molecule has 0 aliphatic carbocycles. The molecule has 0 spiro atoms. The molecule has 0 aliphatic rings. The molecule has 8 heteroatoms. The van der Waals surface area contributed by atoms with Crippen LogP contribution in [0.1, 0.15) is 51.4 Å². The van der Waals surface area contributed by atoms with Gasteiger partial charge in [0.25, 0.3) is 0 Å². The third-order valence-electron chi connectivity index (χ3n) is 5.44. The molecule has 1 aromatic heterocycles. The topological polar surface area (TPSA) is 91.1 Å². The Morgan fingerprint density at radius 2 is 1.15 bits per heavy atom. The molecule has 0 saturated carbocycles. The number of amides is 2. The van der Waals surface area contributed by atoms with Crippen molar-refractivity contribution in [3.8, 4) is 0 Å². The first-order chi connectivity index (χ1) is 16.0. The van der Waals surface area contributed by atoms with Crippen molar-refractivity contribution in [1.29, 1.82) is 0 Å². The molecule has 33 heavy (non-hydrogen) atoms. The minimum atomic E-state index is -0.100. The fraction of sp³-hybridized carbons (Fsp3) is 0.400. The molecule has 0 unspecified atom stereocenters. The lowest BCUT2D eigenvalue weighted by atomic mass is 10.1. The predicted octanol–water partition coefficient (Wildman–Crippen LogP) is 6.16. The Morgan fingerprint density at radius 3 is 1.58 bits per heavy atom. The van der Waals surface area contributed by atoms with E-state index in [0.717, 1.165) is 38.5 Å². The van der Waals surface area contributed by atoms with Crippen LogP contribution in [0.2, 0.25) is 0 Å². The van der Waals surface area contributed by atoms with Crippen molar-refractivity contribution in [1.82, 2.24) is 4.98 Å². The second kappa shape index (κ2) is 12.6. The molecule has 0 radical (unpaired) electrons. The van der Waals surface area contributed by atoms with Crippen LogP contribution in [0.5, 0.6) is 0 Å². The monoisotopic (exact) mass is 489 g/mol. The van der Waals surface area contributed by atoms with Gasteiger partial charge < -0.3 is 15.6 Å². The van der Waals surface area contributed by atoms with Gasteiger partial charge in [0.05, 0.1) is 11.0 Å². The molecule has 3 aromatic rings. The Bertz CT molecular complexity index is 1090. The van der Waals surface area contributed by atoms with E-state index < -0.39 is 0 Å². The fourth-order valence-electron chi connectivity index (χ4n) is 3.70. The van der Waals surface area contributed by atoms with E-state index in [9.17, 15) is 14.4 Å². The molecule has 3 N–H and O–H groups in total. The summed E-state index contributed by atoms with van der Waals surface area (Å²) in [5, 5.41) is 6.85. The van der Waals surface area contributed by atoms with Crippen LogP contribution < -0.4 is 16.1 Å². The van der Waals surface area contributed by atoms with E-state index in [-0.39, 0.29) is 17.2 Å². The quantitative estimate of drug-likeness (QED) is 0.161. The van der Waals surface area contributed by atoms with Crippen LogP contribution in [0.15, 0.2) is 41.2 Å². The smallest absolute Gasteiger partial charge is 0.224 e. The van der Waals surface area contributed by atoms with E-state index in [1.165, 1.54) is 0 Å². The highest BCUT2D eigenvalue weighted by Crippen LogP contribution is 2.22. The minimum Gasteiger partial charge on any atom is -0.354 e. The van der Waals surface area contributed by atoms with Gasteiger partial charge >= 0.3 is 0 Å². The number of hydrogen-bond acceptors (Lipinski definition) is 3. The van der Waals surface area contributed by atoms with Gasteiger partial charge in [0, 0.05) is 46.7 Å².